The lowest BCUT2D eigenvalue weighted by Crippen LogP contribution is -2.58. The van der Waals surface area contributed by atoms with Crippen molar-refractivity contribution in [1.82, 2.24) is 9.88 Å². The molecule has 20 heavy (non-hydrogen) atoms. The molecule has 1 fully saturated rings. The highest BCUT2D eigenvalue weighted by atomic mass is 32.2. The number of aliphatic hydroxyl groups is 2. The van der Waals surface area contributed by atoms with Gasteiger partial charge in [0.15, 0.2) is 0 Å². The Hall–Kier alpha value is -1.42. The van der Waals surface area contributed by atoms with Crippen LogP contribution in [0.15, 0.2) is 11.2 Å². The van der Waals surface area contributed by atoms with E-state index in [0.29, 0.717) is 15.5 Å². The van der Waals surface area contributed by atoms with Gasteiger partial charge in [0.25, 0.3) is 0 Å². The first-order valence-electron chi connectivity index (χ1n) is 5.71. The Labute approximate surface area is 121 Å². The van der Waals surface area contributed by atoms with Crippen LogP contribution in [0.1, 0.15) is 10.6 Å². The van der Waals surface area contributed by atoms with E-state index in [1.54, 1.807) is 0 Å². The van der Waals surface area contributed by atoms with Crippen LogP contribution in [0, 0.1) is 5.92 Å². The fraction of sp³-hybridized carbons (Fsp3) is 0.364. The Morgan fingerprint density at radius 1 is 1.45 bits per heavy atom. The van der Waals surface area contributed by atoms with Crippen molar-refractivity contribution < 1.29 is 24.9 Å². The van der Waals surface area contributed by atoms with Gasteiger partial charge in [-0.25, -0.2) is 9.78 Å². The summed E-state index contributed by atoms with van der Waals surface area (Å²) >= 11 is 2.44. The van der Waals surface area contributed by atoms with Gasteiger partial charge in [-0.2, -0.15) is 0 Å². The van der Waals surface area contributed by atoms with E-state index in [2.05, 4.69) is 4.98 Å². The summed E-state index contributed by atoms with van der Waals surface area (Å²) in [5, 5.41) is 27.4. The Kier molecular flexibility index (Phi) is 3.28. The zero-order valence-corrected chi connectivity index (χ0v) is 11.6. The first-order chi connectivity index (χ1) is 9.60. The molecule has 3 rings (SSSR count). The lowest BCUT2D eigenvalue weighted by molar-refractivity contribution is -0.153. The van der Waals surface area contributed by atoms with Crippen molar-refractivity contribution in [2.24, 2.45) is 5.92 Å². The minimum absolute atomic E-state index is 0.0892. The predicted octanol–water partition coefficient (Wildman–Crippen LogP) is -0.0878. The number of fused-ring (bicyclic) bond motifs is 1. The van der Waals surface area contributed by atoms with Gasteiger partial charge >= 0.3 is 5.97 Å². The molecule has 0 bridgehead atoms. The largest absolute Gasteiger partial charge is 0.477 e. The van der Waals surface area contributed by atoms with Crippen molar-refractivity contribution in [2.45, 2.75) is 12.0 Å². The Balaban J connectivity index is 2.06. The van der Waals surface area contributed by atoms with Crippen molar-refractivity contribution in [3.05, 3.63) is 21.8 Å². The van der Waals surface area contributed by atoms with Gasteiger partial charge in [0.2, 0.25) is 5.91 Å². The van der Waals surface area contributed by atoms with Gasteiger partial charge in [0.1, 0.15) is 11.1 Å². The fourth-order valence-electron chi connectivity index (χ4n) is 2.28. The van der Waals surface area contributed by atoms with E-state index in [4.69, 9.17) is 5.11 Å². The second-order valence-electron chi connectivity index (χ2n) is 4.27. The molecule has 1 aromatic heterocycles. The molecule has 0 unspecified atom stereocenters. The summed E-state index contributed by atoms with van der Waals surface area (Å²) < 4.78 is 0. The Bertz CT molecular complexity index is 626. The summed E-state index contributed by atoms with van der Waals surface area (Å²) in [6.07, 6.45) is 0. The number of amides is 1. The molecular weight excluding hydrogens is 304 g/mol. The highest BCUT2D eigenvalue weighted by molar-refractivity contribution is 8.09. The van der Waals surface area contributed by atoms with Crippen LogP contribution in [-0.2, 0) is 16.2 Å². The van der Waals surface area contributed by atoms with E-state index in [9.17, 15) is 19.8 Å². The van der Waals surface area contributed by atoms with Crippen LogP contribution in [0.4, 0.5) is 0 Å². The van der Waals surface area contributed by atoms with Crippen molar-refractivity contribution in [2.75, 3.05) is 6.61 Å². The summed E-state index contributed by atoms with van der Waals surface area (Å²) in [6, 6.07) is 0. The first-order valence-corrected chi connectivity index (χ1v) is 7.47. The number of β-lactam (4-membered cyclic amide) rings is 1. The number of carboxylic acids is 1. The van der Waals surface area contributed by atoms with Crippen LogP contribution >= 0.6 is 23.1 Å². The average Bonchev–Trinajstić information content (AvgIpc) is 3.00. The number of hydrogen-bond donors (Lipinski definition) is 3. The molecule has 7 nitrogen and oxygen atoms in total. The molecule has 1 saturated heterocycles. The van der Waals surface area contributed by atoms with Crippen molar-refractivity contribution in [1.29, 1.82) is 0 Å². The van der Waals surface area contributed by atoms with Gasteiger partial charge in [-0.1, -0.05) is 11.8 Å². The minimum atomic E-state index is -1.20. The van der Waals surface area contributed by atoms with Crippen LogP contribution in [0.5, 0.6) is 0 Å². The Morgan fingerprint density at radius 3 is 2.80 bits per heavy atom. The van der Waals surface area contributed by atoms with Gasteiger partial charge < -0.3 is 15.3 Å². The lowest BCUT2D eigenvalue weighted by Gasteiger charge is -2.41. The second-order valence-corrected chi connectivity index (χ2v) is 6.26. The highest BCUT2D eigenvalue weighted by Crippen LogP contribution is 2.53. The third-order valence-electron chi connectivity index (χ3n) is 3.24. The van der Waals surface area contributed by atoms with Crippen LogP contribution in [0.2, 0.25) is 0 Å². The molecule has 0 radical (unpaired) electrons. The number of hydrogen-bond acceptors (Lipinski definition) is 7. The SMILES string of the molecule is O=C(O)C1=C(c2scnc2CO)S[C@@H]2[C@@H](CO)C(=O)N12. The number of aliphatic hydroxyl groups excluding tert-OH is 2. The zero-order valence-electron chi connectivity index (χ0n) is 10.0. The van der Waals surface area contributed by atoms with Gasteiger partial charge in [0.05, 0.1) is 40.1 Å². The molecule has 0 aromatic carbocycles. The van der Waals surface area contributed by atoms with Gasteiger partial charge in [-0.3, -0.25) is 9.69 Å². The average molecular weight is 314 g/mol. The summed E-state index contributed by atoms with van der Waals surface area (Å²) in [5.41, 5.74) is 1.83. The van der Waals surface area contributed by atoms with Gasteiger partial charge in [-0.15, -0.1) is 11.3 Å². The topological polar surface area (TPSA) is 111 Å². The Morgan fingerprint density at radius 2 is 2.20 bits per heavy atom. The zero-order chi connectivity index (χ0) is 14.4. The van der Waals surface area contributed by atoms with E-state index in [-0.39, 0.29) is 30.2 Å². The molecule has 0 spiro atoms. The molecule has 2 atom stereocenters. The van der Waals surface area contributed by atoms with Crippen molar-refractivity contribution >= 4 is 39.9 Å². The number of nitrogens with zero attached hydrogens (tertiary/aromatic N) is 2. The molecule has 0 saturated carbocycles. The molecular formula is C11H10N2O5S2. The normalized spacial score (nSPS) is 24.9. The first kappa shape index (κ1) is 13.6. The highest BCUT2D eigenvalue weighted by Gasteiger charge is 2.56. The molecule has 9 heteroatoms. The maximum absolute atomic E-state index is 11.9. The molecule has 2 aliphatic heterocycles. The van der Waals surface area contributed by atoms with E-state index in [1.807, 2.05) is 0 Å². The van der Waals surface area contributed by atoms with E-state index in [1.165, 1.54) is 33.5 Å². The number of aliphatic carboxylic acids is 1. The quantitative estimate of drug-likeness (QED) is 0.666. The minimum Gasteiger partial charge on any atom is -0.477 e. The van der Waals surface area contributed by atoms with E-state index >= 15 is 0 Å². The summed E-state index contributed by atoms with van der Waals surface area (Å²) in [5.74, 6) is -2.15. The van der Waals surface area contributed by atoms with Crippen LogP contribution in [0.3, 0.4) is 0 Å². The summed E-state index contributed by atoms with van der Waals surface area (Å²) in [7, 11) is 0. The molecule has 3 N–H and O–H groups in total. The second kappa shape index (κ2) is 4.85. The molecule has 0 aliphatic carbocycles. The van der Waals surface area contributed by atoms with Crippen molar-refractivity contribution in [3.63, 3.8) is 0 Å². The summed E-state index contributed by atoms with van der Waals surface area (Å²) in [4.78, 5) is 29.5. The molecule has 1 amide bonds. The third kappa shape index (κ3) is 1.71. The van der Waals surface area contributed by atoms with Crippen LogP contribution < -0.4 is 0 Å². The van der Waals surface area contributed by atoms with Crippen LogP contribution in [-0.4, -0.2) is 49.1 Å². The molecule has 3 heterocycles. The number of rotatable bonds is 4. The number of thioether (sulfide) groups is 1. The maximum atomic E-state index is 11.9. The molecule has 106 valence electrons. The van der Waals surface area contributed by atoms with Gasteiger partial charge in [0, 0.05) is 0 Å². The maximum Gasteiger partial charge on any atom is 0.353 e. The number of carbonyl (C=O) groups is 2. The van der Waals surface area contributed by atoms with Crippen molar-refractivity contribution in [3.8, 4) is 0 Å². The summed E-state index contributed by atoms with van der Waals surface area (Å²) in [6.45, 7) is -0.597. The fourth-order valence-corrected chi connectivity index (χ4v) is 4.75. The van der Waals surface area contributed by atoms with E-state index < -0.39 is 11.9 Å². The lowest BCUT2D eigenvalue weighted by atomic mass is 9.98. The number of carboxylic acid groups (broad SMARTS) is 1. The van der Waals surface area contributed by atoms with E-state index in [0.717, 1.165) is 0 Å². The number of aromatic nitrogens is 1. The monoisotopic (exact) mass is 314 g/mol. The number of carbonyl (C=O) groups excluding carboxylic acids is 1. The number of thiazole rings is 1. The molecule has 1 aromatic rings. The standard InChI is InChI=1S/C11H10N2O5S2/c14-1-4-9(16)13-6(11(17)18)8(20-10(4)13)7-5(2-15)12-3-19-7/h3-4,10,14-15H,1-2H2,(H,17,18)/t4-,10+/m0/s1. The van der Waals surface area contributed by atoms with Crippen LogP contribution in [0.25, 0.3) is 4.91 Å². The van der Waals surface area contributed by atoms with Gasteiger partial charge in [-0.05, 0) is 0 Å². The third-order valence-corrected chi connectivity index (χ3v) is 5.67. The molecule has 2 aliphatic rings. The smallest absolute Gasteiger partial charge is 0.353 e. The predicted molar refractivity (Wildman–Crippen MR) is 71.4 cm³/mol.